The number of pyridine rings is 1. The molecule has 0 aliphatic carbocycles. The highest BCUT2D eigenvalue weighted by Crippen LogP contribution is 2.20. The van der Waals surface area contributed by atoms with Crippen molar-refractivity contribution in [1.29, 1.82) is 0 Å². The number of hydrogen-bond acceptors (Lipinski definition) is 9. The zero-order chi connectivity index (χ0) is 28.4. The van der Waals surface area contributed by atoms with Crippen LogP contribution in [0.5, 0.6) is 0 Å². The first-order valence-corrected chi connectivity index (χ1v) is 14.2. The molecular formula is C30H37N9O2. The van der Waals surface area contributed by atoms with Gasteiger partial charge in [0.15, 0.2) is 11.6 Å². The molecule has 11 heteroatoms. The maximum absolute atomic E-state index is 12.9. The molecule has 41 heavy (non-hydrogen) atoms. The van der Waals surface area contributed by atoms with Crippen LogP contribution in [0.2, 0.25) is 0 Å². The maximum atomic E-state index is 12.9. The number of aryl methyl sites for hydroxylation is 1. The first kappa shape index (κ1) is 28.3. The van der Waals surface area contributed by atoms with Gasteiger partial charge in [0.1, 0.15) is 12.0 Å². The average Bonchev–Trinajstić information content (AvgIpc) is 3.45. The van der Waals surface area contributed by atoms with Gasteiger partial charge < -0.3 is 20.3 Å². The summed E-state index contributed by atoms with van der Waals surface area (Å²) >= 11 is 0. The number of aromatic nitrogens is 6. The van der Waals surface area contributed by atoms with Crippen molar-refractivity contribution in [2.45, 2.75) is 58.3 Å². The van der Waals surface area contributed by atoms with Crippen LogP contribution in [0.25, 0.3) is 11.5 Å². The van der Waals surface area contributed by atoms with Crippen LogP contribution < -0.4 is 10.6 Å². The number of rotatable bonds is 12. The summed E-state index contributed by atoms with van der Waals surface area (Å²) in [7, 11) is 0. The van der Waals surface area contributed by atoms with Crippen LogP contribution >= 0.6 is 0 Å². The van der Waals surface area contributed by atoms with E-state index < -0.39 is 0 Å². The van der Waals surface area contributed by atoms with Crippen LogP contribution in [-0.2, 0) is 26.1 Å². The summed E-state index contributed by atoms with van der Waals surface area (Å²) in [6, 6.07) is 11.4. The normalized spacial score (nSPS) is 15.5. The van der Waals surface area contributed by atoms with E-state index in [0.717, 1.165) is 61.4 Å². The minimum Gasteiger partial charge on any atom is -0.395 e. The molecular weight excluding hydrogens is 518 g/mol. The van der Waals surface area contributed by atoms with Gasteiger partial charge in [-0.25, -0.2) is 9.97 Å². The number of carbonyl (C=O) groups is 1. The van der Waals surface area contributed by atoms with E-state index in [1.807, 2.05) is 36.5 Å². The summed E-state index contributed by atoms with van der Waals surface area (Å²) in [5.74, 6) is 1.30. The second-order valence-electron chi connectivity index (χ2n) is 10.2. The van der Waals surface area contributed by atoms with Gasteiger partial charge in [-0.05, 0) is 67.3 Å². The number of carbonyl (C=O) groups excluding carboxylic acids is 1. The molecule has 0 bridgehead atoms. The molecule has 5 rings (SSSR count). The molecule has 1 fully saturated rings. The van der Waals surface area contributed by atoms with E-state index in [4.69, 9.17) is 0 Å². The first-order valence-electron chi connectivity index (χ1n) is 14.2. The van der Waals surface area contributed by atoms with Crippen molar-refractivity contribution in [3.63, 3.8) is 0 Å². The number of amides is 1. The molecule has 3 aromatic heterocycles. The Hall–Kier alpha value is -4.22. The lowest BCUT2D eigenvalue weighted by Crippen LogP contribution is -2.43. The van der Waals surface area contributed by atoms with Crippen molar-refractivity contribution >= 4 is 11.6 Å². The third-order valence-electron chi connectivity index (χ3n) is 7.61. The van der Waals surface area contributed by atoms with E-state index in [0.29, 0.717) is 36.7 Å². The van der Waals surface area contributed by atoms with E-state index in [1.54, 1.807) is 18.5 Å². The van der Waals surface area contributed by atoms with Gasteiger partial charge in [0.05, 0.1) is 13.2 Å². The summed E-state index contributed by atoms with van der Waals surface area (Å²) in [5.41, 5.74) is 4.28. The molecule has 3 N–H and O–H groups in total. The Labute approximate surface area is 240 Å². The predicted molar refractivity (Wildman–Crippen MR) is 156 cm³/mol. The van der Waals surface area contributed by atoms with Crippen molar-refractivity contribution in [3.05, 3.63) is 83.8 Å². The molecule has 1 saturated heterocycles. The summed E-state index contributed by atoms with van der Waals surface area (Å²) in [6.07, 6.45) is 11.0. The Morgan fingerprint density at radius 2 is 1.95 bits per heavy atom. The number of benzene rings is 1. The van der Waals surface area contributed by atoms with Gasteiger partial charge in [0, 0.05) is 55.5 Å². The summed E-state index contributed by atoms with van der Waals surface area (Å²) < 4.78 is 2.08. The molecule has 11 nitrogen and oxygen atoms in total. The fourth-order valence-corrected chi connectivity index (χ4v) is 5.28. The third kappa shape index (κ3) is 7.11. The second-order valence-corrected chi connectivity index (χ2v) is 10.2. The van der Waals surface area contributed by atoms with Gasteiger partial charge in [-0.15, -0.1) is 10.2 Å². The Balaban J connectivity index is 1.27. The molecule has 0 spiro atoms. The van der Waals surface area contributed by atoms with E-state index in [-0.39, 0.29) is 18.6 Å². The average molecular weight is 556 g/mol. The number of anilines is 1. The largest absolute Gasteiger partial charge is 0.395 e. The number of hydrogen-bond donors (Lipinski definition) is 3. The van der Waals surface area contributed by atoms with E-state index in [9.17, 15) is 9.90 Å². The fraction of sp³-hybridized carbons (Fsp3) is 0.400. The molecule has 1 atom stereocenters. The highest BCUT2D eigenvalue weighted by atomic mass is 16.3. The minimum absolute atomic E-state index is 0.137. The monoisotopic (exact) mass is 555 g/mol. The van der Waals surface area contributed by atoms with Crippen LogP contribution in [0, 0.1) is 0 Å². The predicted octanol–water partition coefficient (Wildman–Crippen LogP) is 3.08. The smallest absolute Gasteiger partial charge is 0.251 e. The number of likely N-dealkylation sites (tertiary alicyclic amines) is 1. The minimum atomic E-state index is -0.137. The van der Waals surface area contributed by atoms with Crippen LogP contribution in [0.1, 0.15) is 53.5 Å². The lowest BCUT2D eigenvalue weighted by atomic mass is 10.0. The molecule has 214 valence electrons. The van der Waals surface area contributed by atoms with Gasteiger partial charge in [0.2, 0.25) is 0 Å². The van der Waals surface area contributed by atoms with E-state index in [2.05, 4.69) is 52.2 Å². The molecule has 0 saturated carbocycles. The van der Waals surface area contributed by atoms with Crippen LogP contribution in [0.15, 0.2) is 61.3 Å². The highest BCUT2D eigenvalue weighted by Gasteiger charge is 2.23. The summed E-state index contributed by atoms with van der Waals surface area (Å²) in [6.45, 7) is 5.53. The van der Waals surface area contributed by atoms with E-state index >= 15 is 0 Å². The quantitative estimate of drug-likeness (QED) is 0.241. The molecule has 1 aliphatic heterocycles. The number of aliphatic hydroxyl groups is 1. The van der Waals surface area contributed by atoms with Crippen molar-refractivity contribution in [1.82, 2.24) is 39.9 Å². The van der Waals surface area contributed by atoms with Gasteiger partial charge in [-0.3, -0.25) is 14.7 Å². The van der Waals surface area contributed by atoms with Gasteiger partial charge in [-0.2, -0.15) is 0 Å². The zero-order valence-corrected chi connectivity index (χ0v) is 23.4. The van der Waals surface area contributed by atoms with Crippen molar-refractivity contribution in [2.24, 2.45) is 0 Å². The Kier molecular flexibility index (Phi) is 9.61. The molecule has 4 heterocycles. The lowest BCUT2D eigenvalue weighted by Gasteiger charge is -2.34. The van der Waals surface area contributed by atoms with Crippen molar-refractivity contribution in [3.8, 4) is 11.5 Å². The van der Waals surface area contributed by atoms with Crippen molar-refractivity contribution in [2.75, 3.05) is 25.0 Å². The fourth-order valence-electron chi connectivity index (χ4n) is 5.28. The third-order valence-corrected chi connectivity index (χ3v) is 7.61. The molecule has 1 amide bonds. The Morgan fingerprint density at radius 3 is 2.78 bits per heavy atom. The standard InChI is InChI=1S/C30H37N9O2/c1-2-22-17-31-11-9-24(22)18-34-30(41)23-6-5-7-25(16-23)33-19-28-36-37-29(27-10-12-32-21-35-27)39(28)15-14-38-13-4-3-8-26(38)20-40/h5-7,9-12,16-17,21,26,33,40H,2-4,8,13-15,18-20H2,1H3,(H,34,41). The Morgan fingerprint density at radius 1 is 1.05 bits per heavy atom. The van der Waals surface area contributed by atoms with Gasteiger partial charge in [0.25, 0.3) is 5.91 Å². The van der Waals surface area contributed by atoms with Crippen LogP contribution in [-0.4, -0.2) is 71.4 Å². The maximum Gasteiger partial charge on any atom is 0.251 e. The van der Waals surface area contributed by atoms with Gasteiger partial charge >= 0.3 is 0 Å². The summed E-state index contributed by atoms with van der Waals surface area (Å²) in [4.78, 5) is 27.9. The molecule has 1 unspecified atom stereocenters. The number of aliphatic hydroxyl groups excluding tert-OH is 1. The SMILES string of the molecule is CCc1cnccc1CNC(=O)c1cccc(NCc2nnc(-c3ccncn3)n2CCN2CCCCC2CO)c1. The second kappa shape index (κ2) is 13.9. The lowest BCUT2D eigenvalue weighted by molar-refractivity contribution is 0.0870. The molecule has 4 aromatic rings. The number of piperidine rings is 1. The van der Waals surface area contributed by atoms with E-state index in [1.165, 1.54) is 6.33 Å². The van der Waals surface area contributed by atoms with Crippen LogP contribution in [0.4, 0.5) is 5.69 Å². The number of nitrogens with zero attached hydrogens (tertiary/aromatic N) is 7. The number of nitrogens with one attached hydrogen (secondary N) is 2. The Bertz CT molecular complexity index is 1430. The highest BCUT2D eigenvalue weighted by molar-refractivity contribution is 5.95. The zero-order valence-electron chi connectivity index (χ0n) is 23.4. The first-order chi connectivity index (χ1) is 20.2. The molecule has 0 radical (unpaired) electrons. The topological polar surface area (TPSA) is 134 Å². The summed E-state index contributed by atoms with van der Waals surface area (Å²) in [5, 5.41) is 25.2. The van der Waals surface area contributed by atoms with Crippen LogP contribution in [0.3, 0.4) is 0 Å². The van der Waals surface area contributed by atoms with Gasteiger partial charge in [-0.1, -0.05) is 19.4 Å². The molecule has 1 aliphatic rings. The van der Waals surface area contributed by atoms with Crippen molar-refractivity contribution < 1.29 is 9.90 Å². The molecule has 1 aromatic carbocycles.